The molecule has 0 saturated carbocycles. The number of rotatable bonds is 8. The number of fused-ring (bicyclic) bond motifs is 1. The molecule has 0 radical (unpaired) electrons. The molecule has 0 unspecified atom stereocenters. The van der Waals surface area contributed by atoms with Gasteiger partial charge in [0.05, 0.1) is 17.8 Å². The summed E-state index contributed by atoms with van der Waals surface area (Å²) in [6, 6.07) is 13.3. The third-order valence-electron chi connectivity index (χ3n) is 5.43. The van der Waals surface area contributed by atoms with Crippen molar-refractivity contribution in [3.05, 3.63) is 70.0 Å². The highest BCUT2D eigenvalue weighted by atomic mass is 35.5. The van der Waals surface area contributed by atoms with Crippen molar-refractivity contribution in [2.24, 2.45) is 0 Å². The van der Waals surface area contributed by atoms with Crippen LogP contribution in [0.1, 0.15) is 34.6 Å². The maximum atomic E-state index is 12.6. The smallest absolute Gasteiger partial charge is 0.251 e. The van der Waals surface area contributed by atoms with E-state index in [-0.39, 0.29) is 24.2 Å². The molecular formula is C24H27ClN4O2S. The second-order valence-electron chi connectivity index (χ2n) is 7.38. The quantitative estimate of drug-likeness (QED) is 0.331. The van der Waals surface area contributed by atoms with E-state index in [2.05, 4.69) is 34.0 Å². The van der Waals surface area contributed by atoms with Crippen LogP contribution in [-0.4, -0.2) is 39.0 Å². The van der Waals surface area contributed by atoms with Crippen LogP contribution in [0.3, 0.4) is 0 Å². The van der Waals surface area contributed by atoms with E-state index in [4.69, 9.17) is 0 Å². The summed E-state index contributed by atoms with van der Waals surface area (Å²) < 4.78 is 0. The maximum absolute atomic E-state index is 12.6. The zero-order valence-corrected chi connectivity index (χ0v) is 19.7. The predicted molar refractivity (Wildman–Crippen MR) is 133 cm³/mol. The Bertz CT molecular complexity index is 1170. The summed E-state index contributed by atoms with van der Waals surface area (Å²) in [5, 5.41) is 16.2. The number of carbonyl (C=O) groups is 1. The Morgan fingerprint density at radius 3 is 2.66 bits per heavy atom. The van der Waals surface area contributed by atoms with Gasteiger partial charge in [-0.05, 0) is 54.4 Å². The molecule has 6 nitrogen and oxygen atoms in total. The van der Waals surface area contributed by atoms with Gasteiger partial charge in [-0.25, -0.2) is 0 Å². The molecule has 3 heterocycles. The number of pyridine rings is 1. The summed E-state index contributed by atoms with van der Waals surface area (Å²) in [5.74, 6) is -0.0976. The van der Waals surface area contributed by atoms with Crippen molar-refractivity contribution in [3.63, 3.8) is 0 Å². The zero-order chi connectivity index (χ0) is 21.8. The van der Waals surface area contributed by atoms with Crippen molar-refractivity contribution in [2.45, 2.75) is 26.9 Å². The highest BCUT2D eigenvalue weighted by Crippen LogP contribution is 2.36. The molecule has 0 aliphatic rings. The SMILES string of the molecule is CCN(CC)Cc1ccc(-c2c(O)[nH]c3ccc(C(=O)NCc4cccs4)cc23)nc1.Cl. The molecule has 0 bridgehead atoms. The lowest BCUT2D eigenvalue weighted by Crippen LogP contribution is -2.22. The summed E-state index contributed by atoms with van der Waals surface area (Å²) in [5.41, 5.74) is 3.71. The van der Waals surface area contributed by atoms with E-state index in [1.54, 1.807) is 23.5 Å². The van der Waals surface area contributed by atoms with Gasteiger partial charge < -0.3 is 15.4 Å². The Hall–Kier alpha value is -2.87. The largest absolute Gasteiger partial charge is 0.494 e. The minimum atomic E-state index is -0.149. The first-order valence-corrected chi connectivity index (χ1v) is 11.3. The monoisotopic (exact) mass is 470 g/mol. The van der Waals surface area contributed by atoms with Gasteiger partial charge in [0.25, 0.3) is 5.91 Å². The van der Waals surface area contributed by atoms with Gasteiger partial charge >= 0.3 is 0 Å². The molecule has 0 aliphatic carbocycles. The summed E-state index contributed by atoms with van der Waals surface area (Å²) in [6.07, 6.45) is 1.85. The molecule has 4 aromatic rings. The summed E-state index contributed by atoms with van der Waals surface area (Å²) in [7, 11) is 0. The third kappa shape index (κ3) is 5.12. The first-order valence-electron chi connectivity index (χ1n) is 10.4. The van der Waals surface area contributed by atoms with Crippen LogP contribution in [0.25, 0.3) is 22.2 Å². The first kappa shape index (κ1) is 23.8. The average Bonchev–Trinajstić information content (AvgIpc) is 3.42. The average molecular weight is 471 g/mol. The lowest BCUT2D eigenvalue weighted by atomic mass is 10.1. The fourth-order valence-corrected chi connectivity index (χ4v) is 4.28. The third-order valence-corrected chi connectivity index (χ3v) is 6.30. The van der Waals surface area contributed by atoms with Crippen molar-refractivity contribution in [1.29, 1.82) is 0 Å². The van der Waals surface area contributed by atoms with Gasteiger partial charge in [-0.3, -0.25) is 14.7 Å². The minimum absolute atomic E-state index is 0. The van der Waals surface area contributed by atoms with Crippen LogP contribution in [0.15, 0.2) is 54.0 Å². The van der Waals surface area contributed by atoms with E-state index >= 15 is 0 Å². The maximum Gasteiger partial charge on any atom is 0.251 e. The molecule has 3 N–H and O–H groups in total. The number of H-pyrrole nitrogens is 1. The van der Waals surface area contributed by atoms with Crippen LogP contribution < -0.4 is 5.32 Å². The van der Waals surface area contributed by atoms with Crippen molar-refractivity contribution >= 4 is 40.6 Å². The topological polar surface area (TPSA) is 81.2 Å². The van der Waals surface area contributed by atoms with E-state index < -0.39 is 0 Å². The van der Waals surface area contributed by atoms with Gasteiger partial charge in [0.1, 0.15) is 0 Å². The summed E-state index contributed by atoms with van der Waals surface area (Å²) in [4.78, 5) is 23.6. The molecule has 4 rings (SSSR count). The van der Waals surface area contributed by atoms with Gasteiger partial charge in [-0.1, -0.05) is 26.0 Å². The summed E-state index contributed by atoms with van der Waals surface area (Å²) in [6.45, 7) is 7.59. The molecule has 168 valence electrons. The second kappa shape index (κ2) is 10.6. The fourth-order valence-electron chi connectivity index (χ4n) is 3.63. The highest BCUT2D eigenvalue weighted by molar-refractivity contribution is 7.09. The molecule has 0 aliphatic heterocycles. The Labute approximate surface area is 197 Å². The number of halogens is 1. The molecule has 3 aromatic heterocycles. The number of aromatic hydroxyl groups is 1. The van der Waals surface area contributed by atoms with Gasteiger partial charge in [-0.2, -0.15) is 0 Å². The van der Waals surface area contributed by atoms with Crippen molar-refractivity contribution in [1.82, 2.24) is 20.2 Å². The van der Waals surface area contributed by atoms with Crippen LogP contribution in [0, 0.1) is 0 Å². The lowest BCUT2D eigenvalue weighted by Gasteiger charge is -2.17. The van der Waals surface area contributed by atoms with Crippen LogP contribution in [0.5, 0.6) is 5.88 Å². The van der Waals surface area contributed by atoms with Gasteiger partial charge in [0.2, 0.25) is 0 Å². The van der Waals surface area contributed by atoms with E-state index in [9.17, 15) is 9.90 Å². The first-order chi connectivity index (χ1) is 15.1. The Morgan fingerprint density at radius 2 is 2.00 bits per heavy atom. The summed E-state index contributed by atoms with van der Waals surface area (Å²) >= 11 is 1.61. The second-order valence-corrected chi connectivity index (χ2v) is 8.42. The van der Waals surface area contributed by atoms with Crippen molar-refractivity contribution in [2.75, 3.05) is 13.1 Å². The number of benzene rings is 1. The Balaban J connectivity index is 0.00000289. The van der Waals surface area contributed by atoms with Crippen LogP contribution in [-0.2, 0) is 13.1 Å². The van der Waals surface area contributed by atoms with Crippen LogP contribution >= 0.6 is 23.7 Å². The number of nitrogens with zero attached hydrogens (tertiary/aromatic N) is 2. The van der Waals surface area contributed by atoms with E-state index in [0.717, 1.165) is 41.0 Å². The number of hydrogen-bond donors (Lipinski definition) is 3. The minimum Gasteiger partial charge on any atom is -0.494 e. The van der Waals surface area contributed by atoms with Gasteiger partial charge in [-0.15, -0.1) is 23.7 Å². The molecule has 1 aromatic carbocycles. The van der Waals surface area contributed by atoms with E-state index in [1.807, 2.05) is 41.9 Å². The molecule has 0 fully saturated rings. The Kier molecular flexibility index (Phi) is 7.90. The number of nitrogens with one attached hydrogen (secondary N) is 2. The number of aromatic amines is 1. The number of thiophene rings is 1. The predicted octanol–water partition coefficient (Wildman–Crippen LogP) is 5.19. The molecule has 0 atom stereocenters. The van der Waals surface area contributed by atoms with Gasteiger partial charge in [0, 0.05) is 34.1 Å². The standard InChI is InChI=1S/C24H26N4O2S.ClH/c1-3-28(4-2)15-16-7-9-21(25-13-16)22-19-12-17(8-10-20(19)27-24(22)30)23(29)26-14-18-6-5-11-31-18;/h5-13,27,30H,3-4,14-15H2,1-2H3,(H,26,29);1H. The van der Waals surface area contributed by atoms with Gasteiger partial charge in [0.15, 0.2) is 5.88 Å². The molecule has 0 saturated heterocycles. The van der Waals surface area contributed by atoms with Crippen molar-refractivity contribution in [3.8, 4) is 17.1 Å². The normalized spacial score (nSPS) is 11.0. The number of aromatic nitrogens is 2. The van der Waals surface area contributed by atoms with Crippen molar-refractivity contribution < 1.29 is 9.90 Å². The molecule has 8 heteroatoms. The highest BCUT2D eigenvalue weighted by Gasteiger charge is 2.16. The number of hydrogen-bond acceptors (Lipinski definition) is 5. The van der Waals surface area contributed by atoms with E-state index in [1.165, 1.54) is 0 Å². The molecule has 0 spiro atoms. The Morgan fingerprint density at radius 1 is 1.19 bits per heavy atom. The number of carbonyl (C=O) groups excluding carboxylic acids is 1. The molecular weight excluding hydrogens is 444 g/mol. The van der Waals surface area contributed by atoms with Crippen LogP contribution in [0.2, 0.25) is 0 Å². The fraction of sp³-hybridized carbons (Fsp3) is 0.250. The zero-order valence-electron chi connectivity index (χ0n) is 18.1. The van der Waals surface area contributed by atoms with Crippen LogP contribution in [0.4, 0.5) is 0 Å². The van der Waals surface area contributed by atoms with E-state index in [0.29, 0.717) is 23.4 Å². The molecule has 1 amide bonds. The molecule has 32 heavy (non-hydrogen) atoms. The number of amides is 1. The lowest BCUT2D eigenvalue weighted by molar-refractivity contribution is 0.0951.